The molecule has 1 fully saturated rings. The highest BCUT2D eigenvalue weighted by atomic mass is 16.1. The van der Waals surface area contributed by atoms with E-state index in [1.54, 1.807) is 0 Å². The normalized spacial score (nSPS) is 13.8. The highest BCUT2D eigenvalue weighted by molar-refractivity contribution is 5.83. The van der Waals surface area contributed by atoms with Gasteiger partial charge in [0.15, 0.2) is 0 Å². The Bertz CT molecular complexity index is 1470. The third-order valence-corrected chi connectivity index (χ3v) is 9.55. The lowest BCUT2D eigenvalue weighted by Crippen LogP contribution is -2.34. The van der Waals surface area contributed by atoms with Gasteiger partial charge in [-0.15, -0.1) is 5.10 Å². The van der Waals surface area contributed by atoms with E-state index in [-0.39, 0.29) is 17.6 Å². The zero-order chi connectivity index (χ0) is 38.9. The quantitative estimate of drug-likeness (QED) is 0.130. The molecule has 3 heterocycles. The van der Waals surface area contributed by atoms with Crippen LogP contribution in [-0.4, -0.2) is 48.3 Å². The molecule has 0 bridgehead atoms. The smallest absolute Gasteiger partial charge is 0.140 e. The third kappa shape index (κ3) is 15.2. The minimum absolute atomic E-state index is 0.0875. The molecule has 0 saturated carbocycles. The topological polar surface area (TPSA) is 68.8 Å². The largest absolute Gasteiger partial charge is 0.329 e. The standard InChI is InChI=1S/C36H48N6O.C3H8.3C2H6/c1-5-29-16-19-40(20-17-29)26-36-37-18-21-41(36)24-32-23-31(13-12-27(32)3)34(15-14-33-25-42(6-2)39-38-33)28(4)35(43)22-30-10-8-7-9-11-30;1-3-2;3*1-2/h7-13,18,21,23,25,28-29,34H,5-6,14-17,19-20,22,24,26H2,1-4H3;3H2,1-2H3;3*1-2H3. The van der Waals surface area contributed by atoms with Crippen LogP contribution in [-0.2, 0) is 37.3 Å². The SMILES string of the molecule is CC.CC.CC.CCC.CCC1CCN(Cc2nccn2Cc2cc(C(CCc3cn(CC)nn3)C(C)C(=O)Cc3ccccc3)ccc2C)CC1. The van der Waals surface area contributed by atoms with Crippen molar-refractivity contribution in [2.24, 2.45) is 11.8 Å². The summed E-state index contributed by atoms with van der Waals surface area (Å²) < 4.78 is 4.17. The summed E-state index contributed by atoms with van der Waals surface area (Å²) in [5.41, 5.74) is 5.82. The van der Waals surface area contributed by atoms with Gasteiger partial charge >= 0.3 is 0 Å². The number of rotatable bonds is 14. The number of ketones is 1. The van der Waals surface area contributed by atoms with E-state index in [0.29, 0.717) is 6.42 Å². The first-order valence-corrected chi connectivity index (χ1v) is 20.6. The lowest BCUT2D eigenvalue weighted by Gasteiger charge is -2.31. The van der Waals surface area contributed by atoms with E-state index >= 15 is 0 Å². The molecule has 5 rings (SSSR count). The Labute approximate surface area is 318 Å². The van der Waals surface area contributed by atoms with Crippen molar-refractivity contribution in [3.63, 3.8) is 0 Å². The molecule has 0 radical (unpaired) electrons. The molecule has 2 aromatic heterocycles. The molecular formula is C45H74N6O. The minimum atomic E-state index is -0.119. The number of nitrogens with zero attached hydrogens (tertiary/aromatic N) is 6. The highest BCUT2D eigenvalue weighted by Gasteiger charge is 2.27. The van der Waals surface area contributed by atoms with Crippen LogP contribution in [0.3, 0.4) is 0 Å². The second-order valence-corrected chi connectivity index (χ2v) is 13.1. The second-order valence-electron chi connectivity index (χ2n) is 13.1. The molecule has 52 heavy (non-hydrogen) atoms. The van der Waals surface area contributed by atoms with Crippen LogP contribution in [0.15, 0.2) is 67.1 Å². The van der Waals surface area contributed by atoms with Crippen LogP contribution in [0.25, 0.3) is 0 Å². The maximum atomic E-state index is 13.6. The number of Topliss-reactive ketones (excluding diaryl/α,β-unsaturated/α-hetero) is 1. The lowest BCUT2D eigenvalue weighted by molar-refractivity contribution is -0.122. The summed E-state index contributed by atoms with van der Waals surface area (Å²) >= 11 is 0. The molecule has 2 unspecified atom stereocenters. The van der Waals surface area contributed by atoms with Crippen molar-refractivity contribution in [2.45, 2.75) is 154 Å². The summed E-state index contributed by atoms with van der Waals surface area (Å²) in [6.07, 6.45) is 13.3. The number of hydrogen-bond donors (Lipinski definition) is 0. The maximum absolute atomic E-state index is 13.6. The van der Waals surface area contributed by atoms with Gasteiger partial charge in [-0.1, -0.05) is 136 Å². The van der Waals surface area contributed by atoms with Gasteiger partial charge < -0.3 is 4.57 Å². The number of benzene rings is 2. The molecule has 1 aliphatic rings. The monoisotopic (exact) mass is 715 g/mol. The lowest BCUT2D eigenvalue weighted by atomic mass is 9.79. The Morgan fingerprint density at radius 2 is 1.56 bits per heavy atom. The van der Waals surface area contributed by atoms with Crippen LogP contribution in [0, 0.1) is 18.8 Å². The number of likely N-dealkylation sites (tertiary alicyclic amines) is 1. The van der Waals surface area contributed by atoms with Gasteiger partial charge in [0.2, 0.25) is 0 Å². The van der Waals surface area contributed by atoms with Crippen molar-refractivity contribution >= 4 is 5.78 Å². The third-order valence-electron chi connectivity index (χ3n) is 9.55. The number of piperidine rings is 1. The fourth-order valence-corrected chi connectivity index (χ4v) is 6.46. The average molecular weight is 715 g/mol. The fourth-order valence-electron chi connectivity index (χ4n) is 6.46. The van der Waals surface area contributed by atoms with E-state index in [0.717, 1.165) is 68.6 Å². The van der Waals surface area contributed by atoms with Gasteiger partial charge in [-0.25, -0.2) is 4.98 Å². The average Bonchev–Trinajstić information content (AvgIpc) is 3.85. The first-order valence-electron chi connectivity index (χ1n) is 20.6. The Morgan fingerprint density at radius 1 is 0.904 bits per heavy atom. The number of hydrogen-bond acceptors (Lipinski definition) is 5. The molecule has 1 saturated heterocycles. The van der Waals surface area contributed by atoms with Gasteiger partial charge in [-0.05, 0) is 86.7 Å². The molecular weight excluding hydrogens is 641 g/mol. The zero-order valence-corrected chi connectivity index (χ0v) is 35.2. The molecule has 0 N–H and O–H groups in total. The van der Waals surface area contributed by atoms with Crippen LogP contribution in [0.4, 0.5) is 0 Å². The number of carbonyl (C=O) groups is 1. The summed E-state index contributed by atoms with van der Waals surface area (Å²) in [5, 5.41) is 8.62. The van der Waals surface area contributed by atoms with Gasteiger partial charge in [-0.3, -0.25) is 14.4 Å². The summed E-state index contributed by atoms with van der Waals surface area (Å²) in [6, 6.07) is 16.9. The van der Waals surface area contributed by atoms with E-state index in [4.69, 9.17) is 4.98 Å². The molecule has 7 heteroatoms. The molecule has 2 aromatic carbocycles. The van der Waals surface area contributed by atoms with Crippen LogP contribution >= 0.6 is 0 Å². The molecule has 2 atom stereocenters. The van der Waals surface area contributed by atoms with E-state index in [2.05, 4.69) is 85.7 Å². The Kier molecular flexibility index (Phi) is 24.2. The van der Waals surface area contributed by atoms with Crippen molar-refractivity contribution in [2.75, 3.05) is 13.1 Å². The van der Waals surface area contributed by atoms with Crippen molar-refractivity contribution in [1.29, 1.82) is 0 Å². The first kappa shape index (κ1) is 46.4. The number of imidazole rings is 1. The Morgan fingerprint density at radius 3 is 2.15 bits per heavy atom. The summed E-state index contributed by atoms with van der Waals surface area (Å²) in [4.78, 5) is 20.9. The van der Waals surface area contributed by atoms with Crippen molar-refractivity contribution in [1.82, 2.24) is 29.4 Å². The van der Waals surface area contributed by atoms with E-state index in [1.807, 2.05) is 88.9 Å². The molecule has 0 spiro atoms. The van der Waals surface area contributed by atoms with Crippen molar-refractivity contribution < 1.29 is 4.79 Å². The molecule has 290 valence electrons. The fraction of sp³-hybridized carbons (Fsp3) is 0.600. The maximum Gasteiger partial charge on any atom is 0.140 e. The van der Waals surface area contributed by atoms with Gasteiger partial charge in [0.25, 0.3) is 0 Å². The molecule has 0 aliphatic carbocycles. The van der Waals surface area contributed by atoms with E-state index in [9.17, 15) is 4.79 Å². The summed E-state index contributed by atoms with van der Waals surface area (Å²) in [5.74, 6) is 2.24. The Hall–Kier alpha value is -3.58. The zero-order valence-electron chi connectivity index (χ0n) is 35.2. The van der Waals surface area contributed by atoms with E-state index < -0.39 is 0 Å². The Balaban J connectivity index is 0.00000138. The highest BCUT2D eigenvalue weighted by Crippen LogP contribution is 2.33. The van der Waals surface area contributed by atoms with Gasteiger partial charge in [0.1, 0.15) is 11.6 Å². The number of carbonyl (C=O) groups excluding carboxylic acids is 1. The van der Waals surface area contributed by atoms with E-state index in [1.165, 1.54) is 42.4 Å². The predicted octanol–water partition coefficient (Wildman–Crippen LogP) is 11.1. The summed E-state index contributed by atoms with van der Waals surface area (Å²) in [6.45, 7) is 29.7. The van der Waals surface area contributed by atoms with Crippen LogP contribution in [0.2, 0.25) is 0 Å². The van der Waals surface area contributed by atoms with Crippen LogP contribution in [0.5, 0.6) is 0 Å². The van der Waals surface area contributed by atoms with Crippen molar-refractivity contribution in [3.8, 4) is 0 Å². The molecule has 4 aromatic rings. The summed E-state index contributed by atoms with van der Waals surface area (Å²) in [7, 11) is 0. The molecule has 7 nitrogen and oxygen atoms in total. The van der Waals surface area contributed by atoms with Crippen molar-refractivity contribution in [3.05, 3.63) is 101 Å². The number of aromatic nitrogens is 5. The van der Waals surface area contributed by atoms with Crippen LogP contribution < -0.4 is 0 Å². The molecule has 0 amide bonds. The molecule has 1 aliphatic heterocycles. The van der Waals surface area contributed by atoms with Crippen LogP contribution in [0.1, 0.15) is 148 Å². The van der Waals surface area contributed by atoms with Gasteiger partial charge in [0, 0.05) is 44.0 Å². The van der Waals surface area contributed by atoms with Gasteiger partial charge in [0.05, 0.1) is 12.2 Å². The predicted molar refractivity (Wildman–Crippen MR) is 222 cm³/mol. The minimum Gasteiger partial charge on any atom is -0.329 e. The second kappa shape index (κ2) is 27.1. The first-order chi connectivity index (χ1) is 25.3. The van der Waals surface area contributed by atoms with Gasteiger partial charge in [-0.2, -0.15) is 0 Å². The number of aryl methyl sites for hydroxylation is 3.